The minimum Gasteiger partial charge on any atom is -0.506 e. The van der Waals surface area contributed by atoms with Crippen LogP contribution in [-0.4, -0.2) is 40.4 Å². The number of hydrogen-bond acceptors (Lipinski definition) is 8. The summed E-state index contributed by atoms with van der Waals surface area (Å²) in [4.78, 5) is 16.1. The van der Waals surface area contributed by atoms with Crippen LogP contribution in [0.5, 0.6) is 23.0 Å². The molecule has 0 fully saturated rings. The fourth-order valence-corrected chi connectivity index (χ4v) is 4.35. The zero-order valence-corrected chi connectivity index (χ0v) is 28.8. The Labute approximate surface area is 294 Å². The van der Waals surface area contributed by atoms with Gasteiger partial charge in [-0.3, -0.25) is 19.9 Å². The molecule has 9 heteroatoms. The number of benzene rings is 4. The van der Waals surface area contributed by atoms with Crippen molar-refractivity contribution >= 4 is 43.6 Å². The molecule has 0 bridgehead atoms. The summed E-state index contributed by atoms with van der Waals surface area (Å²) in [7, 11) is 0. The third-order valence-electron chi connectivity index (χ3n) is 6.45. The van der Waals surface area contributed by atoms with E-state index in [1.165, 1.54) is 0 Å². The molecule has 8 rings (SSSR count). The second kappa shape index (κ2) is 16.3. The first kappa shape index (κ1) is 33.1. The van der Waals surface area contributed by atoms with Crippen molar-refractivity contribution in [1.82, 2.24) is 19.9 Å². The van der Waals surface area contributed by atoms with Crippen LogP contribution in [0.2, 0.25) is 0 Å². The van der Waals surface area contributed by atoms with Crippen LogP contribution in [0, 0.1) is 44.1 Å². The van der Waals surface area contributed by atoms with E-state index in [9.17, 15) is 20.4 Å². The quantitative estimate of drug-likeness (QED) is 0.122. The van der Waals surface area contributed by atoms with Gasteiger partial charge >= 0.3 is 0 Å². The fraction of sp³-hybridized carbons (Fsp3) is 0. The molecule has 0 saturated heterocycles. The van der Waals surface area contributed by atoms with Crippen LogP contribution in [-0.2, 0) is 0 Å². The van der Waals surface area contributed by atoms with Gasteiger partial charge in [-0.1, -0.05) is 72.8 Å². The Hall–Kier alpha value is -4.84. The van der Waals surface area contributed by atoms with Crippen molar-refractivity contribution in [2.45, 2.75) is 0 Å². The molecule has 219 valence electrons. The Morgan fingerprint density at radius 2 is 0.489 bits per heavy atom. The van der Waals surface area contributed by atoms with Gasteiger partial charge in [0.1, 0.15) is 45.1 Å². The predicted molar refractivity (Wildman–Crippen MR) is 174 cm³/mol. The van der Waals surface area contributed by atoms with Crippen molar-refractivity contribution in [3.63, 3.8) is 0 Å². The number of aromatic nitrogens is 4. The van der Waals surface area contributed by atoms with Crippen LogP contribution in [0.1, 0.15) is 0 Å². The van der Waals surface area contributed by atoms with E-state index in [4.69, 9.17) is 0 Å². The van der Waals surface area contributed by atoms with Crippen LogP contribution in [0.25, 0.3) is 43.6 Å². The zero-order chi connectivity index (χ0) is 30.7. The second-order valence-corrected chi connectivity index (χ2v) is 9.41. The third kappa shape index (κ3) is 8.63. The summed E-state index contributed by atoms with van der Waals surface area (Å²) in [6.45, 7) is 0. The van der Waals surface area contributed by atoms with Gasteiger partial charge in [-0.25, -0.2) is 0 Å². The zero-order valence-electron chi connectivity index (χ0n) is 24.0. The van der Waals surface area contributed by atoms with Crippen LogP contribution in [0.4, 0.5) is 0 Å². The summed E-state index contributed by atoms with van der Waals surface area (Å²) in [5.74, 6) is 0.956. The van der Waals surface area contributed by atoms with Gasteiger partial charge in [0.15, 0.2) is 0 Å². The van der Waals surface area contributed by atoms with E-state index >= 15 is 0 Å². The maximum Gasteiger partial charge on any atom is 0.141 e. The SMILES string of the molecule is Oc1cccc2cccnc12.Oc1cccc2cccnc12.Oc1cccc2cccnc12.Oc1cccc2cccnc12.[Ac]. The number of hydrogen-bond donors (Lipinski definition) is 4. The van der Waals surface area contributed by atoms with E-state index < -0.39 is 0 Å². The molecule has 4 aromatic carbocycles. The Morgan fingerprint density at radius 1 is 0.289 bits per heavy atom. The monoisotopic (exact) mass is 807 g/mol. The standard InChI is InChI=1S/4C9H7NO.Ac/c4*11-8-5-1-3-7-4-2-6-10-9(7)8;/h4*1-6,11H;. The molecule has 0 aliphatic carbocycles. The fourth-order valence-electron chi connectivity index (χ4n) is 4.35. The van der Waals surface area contributed by atoms with Crippen LogP contribution in [0.3, 0.4) is 0 Å². The van der Waals surface area contributed by atoms with Gasteiger partial charge in [-0.05, 0) is 48.5 Å². The van der Waals surface area contributed by atoms with Crippen molar-refractivity contribution in [1.29, 1.82) is 0 Å². The topological polar surface area (TPSA) is 132 Å². The molecular formula is C36H28AcN4O4. The summed E-state index contributed by atoms with van der Waals surface area (Å²) in [6, 6.07) is 36.5. The molecular weight excluding hydrogens is 779 g/mol. The number of para-hydroxylation sites is 4. The van der Waals surface area contributed by atoms with E-state index in [1.54, 1.807) is 73.3 Å². The molecule has 0 spiro atoms. The maximum absolute atomic E-state index is 9.31. The Bertz CT molecular complexity index is 1830. The second-order valence-electron chi connectivity index (χ2n) is 9.41. The largest absolute Gasteiger partial charge is 0.506 e. The minimum absolute atomic E-state index is 0. The first-order chi connectivity index (χ1) is 21.5. The average molecular weight is 808 g/mol. The van der Waals surface area contributed by atoms with Gasteiger partial charge in [0.25, 0.3) is 0 Å². The molecule has 0 aliphatic rings. The molecule has 4 heterocycles. The molecule has 0 aliphatic heterocycles. The van der Waals surface area contributed by atoms with Gasteiger partial charge in [0.2, 0.25) is 0 Å². The Kier molecular flexibility index (Phi) is 12.0. The maximum atomic E-state index is 9.31. The molecule has 8 nitrogen and oxygen atoms in total. The summed E-state index contributed by atoms with van der Waals surface area (Å²) in [5.41, 5.74) is 2.65. The van der Waals surface area contributed by atoms with Crippen LogP contribution >= 0.6 is 0 Å². The smallest absolute Gasteiger partial charge is 0.141 e. The van der Waals surface area contributed by atoms with Crippen molar-refractivity contribution in [3.8, 4) is 23.0 Å². The molecule has 1 radical (unpaired) electrons. The molecule has 4 N–H and O–H groups in total. The molecule has 4 aromatic heterocycles. The minimum atomic E-state index is 0. The molecule has 0 atom stereocenters. The predicted octanol–water partition coefficient (Wildman–Crippen LogP) is 7.76. The van der Waals surface area contributed by atoms with Gasteiger partial charge in [0.05, 0.1) is 0 Å². The van der Waals surface area contributed by atoms with E-state index in [0.717, 1.165) is 21.5 Å². The van der Waals surface area contributed by atoms with E-state index in [-0.39, 0.29) is 67.1 Å². The summed E-state index contributed by atoms with van der Waals surface area (Å²) in [5, 5.41) is 41.1. The van der Waals surface area contributed by atoms with E-state index in [2.05, 4.69) is 19.9 Å². The van der Waals surface area contributed by atoms with E-state index in [0.29, 0.717) is 22.1 Å². The Balaban J connectivity index is 0.000000136. The molecule has 0 amide bonds. The summed E-state index contributed by atoms with van der Waals surface area (Å²) < 4.78 is 0. The third-order valence-corrected chi connectivity index (χ3v) is 6.45. The number of aromatic hydroxyl groups is 4. The van der Waals surface area contributed by atoms with Crippen LogP contribution in [0.15, 0.2) is 146 Å². The molecule has 0 unspecified atom stereocenters. The molecule has 8 aromatic rings. The van der Waals surface area contributed by atoms with E-state index in [1.807, 2.05) is 72.8 Å². The van der Waals surface area contributed by atoms with Crippen molar-refractivity contribution in [2.75, 3.05) is 0 Å². The Morgan fingerprint density at radius 3 is 0.689 bits per heavy atom. The molecule has 0 saturated carbocycles. The van der Waals surface area contributed by atoms with Gasteiger partial charge < -0.3 is 20.4 Å². The number of fused-ring (bicyclic) bond motifs is 4. The van der Waals surface area contributed by atoms with Crippen LogP contribution < -0.4 is 0 Å². The van der Waals surface area contributed by atoms with Gasteiger partial charge in [-0.2, -0.15) is 0 Å². The number of nitrogens with zero attached hydrogens (tertiary/aromatic N) is 4. The summed E-state index contributed by atoms with van der Waals surface area (Å²) in [6.07, 6.45) is 6.67. The van der Waals surface area contributed by atoms with Crippen molar-refractivity contribution in [2.24, 2.45) is 0 Å². The van der Waals surface area contributed by atoms with Gasteiger partial charge in [-0.15, -0.1) is 0 Å². The first-order valence-electron chi connectivity index (χ1n) is 13.6. The number of phenolic OH excluding ortho intramolecular Hbond substituents is 4. The van der Waals surface area contributed by atoms with Gasteiger partial charge in [0, 0.05) is 90.4 Å². The molecule has 45 heavy (non-hydrogen) atoms. The normalized spacial score (nSPS) is 9.96. The number of rotatable bonds is 0. The van der Waals surface area contributed by atoms with Crippen molar-refractivity contribution < 1.29 is 64.5 Å². The first-order valence-corrected chi connectivity index (χ1v) is 13.6. The number of pyridine rings is 4. The number of phenols is 4. The van der Waals surface area contributed by atoms with Crippen molar-refractivity contribution in [3.05, 3.63) is 146 Å². The average Bonchev–Trinajstić information content (AvgIpc) is 3.07. The summed E-state index contributed by atoms with van der Waals surface area (Å²) >= 11 is 0.